The lowest BCUT2D eigenvalue weighted by Crippen LogP contribution is -2.46. The largest absolute Gasteiger partial charge is 0.481 e. The van der Waals surface area contributed by atoms with E-state index in [1.807, 2.05) is 0 Å². The molecule has 28 heavy (non-hydrogen) atoms. The Hall–Kier alpha value is -2.42. The minimum Gasteiger partial charge on any atom is -0.481 e. The van der Waals surface area contributed by atoms with Crippen molar-refractivity contribution >= 4 is 62.3 Å². The van der Waals surface area contributed by atoms with Gasteiger partial charge in [0, 0.05) is 0 Å². The Kier molecular flexibility index (Phi) is 4.86. The number of aliphatic carboxylic acids is 1. The Bertz CT molecular complexity index is 1120. The zero-order valence-electron chi connectivity index (χ0n) is 14.0. The Morgan fingerprint density at radius 3 is 2.86 bits per heavy atom. The highest BCUT2D eigenvalue weighted by atomic mass is 35.5. The molecule has 1 aliphatic rings. The highest BCUT2D eigenvalue weighted by Gasteiger charge is 2.38. The molecular weight excluding hydrogens is 430 g/mol. The Morgan fingerprint density at radius 1 is 1.32 bits per heavy atom. The summed E-state index contributed by atoms with van der Waals surface area (Å²) in [5.41, 5.74) is 0.559. The number of carboxylic acids is 1. The standard InChI is InChI=1S/C18H11Cl2FN2O4S/c19-8-4-5-10-17(15(8)20)28-13(22-10)7-23-16-9(21)2-1-3-11(16)27-12(18(23)26)6-14(24)25/h1-5,12H,6-7H2,(H,24,25). The molecule has 0 aliphatic carbocycles. The molecule has 1 N–H and O–H groups in total. The highest BCUT2D eigenvalue weighted by molar-refractivity contribution is 7.19. The van der Waals surface area contributed by atoms with Gasteiger partial charge in [-0.15, -0.1) is 11.3 Å². The summed E-state index contributed by atoms with van der Waals surface area (Å²) in [4.78, 5) is 29.5. The van der Waals surface area contributed by atoms with Gasteiger partial charge >= 0.3 is 5.97 Å². The molecule has 6 nitrogen and oxygen atoms in total. The van der Waals surface area contributed by atoms with Gasteiger partial charge < -0.3 is 9.84 Å². The van der Waals surface area contributed by atoms with Gasteiger partial charge in [-0.05, 0) is 24.3 Å². The minimum atomic E-state index is -1.25. The van der Waals surface area contributed by atoms with Gasteiger partial charge in [0.15, 0.2) is 11.9 Å². The van der Waals surface area contributed by atoms with Gasteiger partial charge in [0.05, 0.1) is 33.2 Å². The van der Waals surface area contributed by atoms with Crippen LogP contribution >= 0.6 is 34.5 Å². The Balaban J connectivity index is 1.76. The monoisotopic (exact) mass is 440 g/mol. The molecule has 1 unspecified atom stereocenters. The number of thiazole rings is 1. The van der Waals surface area contributed by atoms with E-state index in [1.165, 1.54) is 29.5 Å². The van der Waals surface area contributed by atoms with Crippen molar-refractivity contribution in [1.29, 1.82) is 0 Å². The highest BCUT2D eigenvalue weighted by Crippen LogP contribution is 2.40. The van der Waals surface area contributed by atoms with Crippen LogP contribution in [0.25, 0.3) is 10.2 Å². The average molecular weight is 441 g/mol. The van der Waals surface area contributed by atoms with E-state index < -0.39 is 30.2 Å². The number of ether oxygens (including phenoxy) is 1. The van der Waals surface area contributed by atoms with Gasteiger partial charge in [0.1, 0.15) is 16.4 Å². The molecule has 0 radical (unpaired) electrons. The van der Waals surface area contributed by atoms with Crippen LogP contribution in [0, 0.1) is 5.82 Å². The second-order valence-corrected chi connectivity index (χ2v) is 7.90. The molecule has 4 rings (SSSR count). The van der Waals surface area contributed by atoms with E-state index in [2.05, 4.69) is 4.98 Å². The van der Waals surface area contributed by atoms with E-state index in [9.17, 15) is 14.0 Å². The third-order valence-electron chi connectivity index (χ3n) is 4.18. The van der Waals surface area contributed by atoms with Crippen molar-refractivity contribution in [2.75, 3.05) is 4.90 Å². The number of anilines is 1. The smallest absolute Gasteiger partial charge is 0.307 e. The average Bonchev–Trinajstić information content (AvgIpc) is 3.05. The molecule has 1 atom stereocenters. The van der Waals surface area contributed by atoms with E-state index in [4.69, 9.17) is 33.0 Å². The van der Waals surface area contributed by atoms with Gasteiger partial charge in [-0.25, -0.2) is 9.37 Å². The predicted octanol–water partition coefficient (Wildman–Crippen LogP) is 4.51. The number of halogens is 3. The summed E-state index contributed by atoms with van der Waals surface area (Å²) in [7, 11) is 0. The lowest BCUT2D eigenvalue weighted by molar-refractivity contribution is -0.142. The second-order valence-electron chi connectivity index (χ2n) is 6.03. The normalized spacial score (nSPS) is 16.2. The number of carboxylic acid groups (broad SMARTS) is 1. The third kappa shape index (κ3) is 3.28. The van der Waals surface area contributed by atoms with Crippen molar-refractivity contribution in [2.45, 2.75) is 19.1 Å². The number of aromatic nitrogens is 1. The summed E-state index contributed by atoms with van der Waals surface area (Å²) >= 11 is 13.5. The van der Waals surface area contributed by atoms with Gasteiger partial charge in [0.2, 0.25) is 0 Å². The molecule has 0 saturated heterocycles. The number of fused-ring (bicyclic) bond motifs is 2. The second kappa shape index (κ2) is 7.20. The topological polar surface area (TPSA) is 79.7 Å². The number of benzene rings is 2. The fourth-order valence-electron chi connectivity index (χ4n) is 2.97. The summed E-state index contributed by atoms with van der Waals surface area (Å²) in [6.07, 6.45) is -1.79. The number of hydrogen-bond donors (Lipinski definition) is 1. The van der Waals surface area contributed by atoms with E-state index in [-0.39, 0.29) is 18.0 Å². The summed E-state index contributed by atoms with van der Waals surface area (Å²) < 4.78 is 20.5. The predicted molar refractivity (Wildman–Crippen MR) is 104 cm³/mol. The van der Waals surface area contributed by atoms with Crippen molar-refractivity contribution in [2.24, 2.45) is 0 Å². The summed E-state index contributed by atoms with van der Waals surface area (Å²) in [5.74, 6) is -2.39. The molecule has 144 valence electrons. The van der Waals surface area contributed by atoms with Crippen molar-refractivity contribution in [3.05, 3.63) is 51.2 Å². The first-order valence-electron chi connectivity index (χ1n) is 8.07. The van der Waals surface area contributed by atoms with Gasteiger partial charge in [-0.1, -0.05) is 29.3 Å². The number of rotatable bonds is 4. The quantitative estimate of drug-likeness (QED) is 0.645. The number of hydrogen-bond acceptors (Lipinski definition) is 5. The third-order valence-corrected chi connectivity index (χ3v) is 6.17. The fraction of sp³-hybridized carbons (Fsp3) is 0.167. The van der Waals surface area contributed by atoms with E-state index in [1.54, 1.807) is 12.1 Å². The summed E-state index contributed by atoms with van der Waals surface area (Å²) in [6.45, 7) is -0.0560. The Labute approximate surface area is 172 Å². The molecule has 2 heterocycles. The Morgan fingerprint density at radius 2 is 2.11 bits per heavy atom. The van der Waals surface area contributed by atoms with Crippen molar-refractivity contribution < 1.29 is 23.8 Å². The number of carbonyl (C=O) groups excluding carboxylic acids is 1. The van der Waals surface area contributed by atoms with Gasteiger partial charge in [0.25, 0.3) is 5.91 Å². The molecule has 0 fully saturated rings. The molecular formula is C18H11Cl2FN2O4S. The molecule has 1 aliphatic heterocycles. The molecule has 0 saturated carbocycles. The van der Waals surface area contributed by atoms with Crippen LogP contribution in [-0.4, -0.2) is 28.1 Å². The SMILES string of the molecule is O=C(O)CC1Oc2cccc(F)c2N(Cc2nc3ccc(Cl)c(Cl)c3s2)C1=O. The van der Waals surface area contributed by atoms with Gasteiger partial charge in [-0.2, -0.15) is 0 Å². The van der Waals surface area contributed by atoms with Crippen LogP contribution in [0.3, 0.4) is 0 Å². The first kappa shape index (κ1) is 18.9. The van der Waals surface area contributed by atoms with Crippen LogP contribution in [-0.2, 0) is 16.1 Å². The zero-order chi connectivity index (χ0) is 20.0. The molecule has 0 spiro atoms. The van der Waals surface area contributed by atoms with Crippen molar-refractivity contribution in [1.82, 2.24) is 4.98 Å². The molecule has 1 aromatic heterocycles. The van der Waals surface area contributed by atoms with Crippen molar-refractivity contribution in [3.8, 4) is 5.75 Å². The van der Waals surface area contributed by atoms with Crippen LogP contribution in [0.15, 0.2) is 30.3 Å². The number of para-hydroxylation sites is 1. The maximum absolute atomic E-state index is 14.5. The number of nitrogens with zero attached hydrogens (tertiary/aromatic N) is 2. The molecule has 1 amide bonds. The van der Waals surface area contributed by atoms with Gasteiger partial charge in [-0.3, -0.25) is 14.5 Å². The molecule has 0 bridgehead atoms. The maximum Gasteiger partial charge on any atom is 0.307 e. The van der Waals surface area contributed by atoms with Crippen molar-refractivity contribution in [3.63, 3.8) is 0 Å². The number of carbonyl (C=O) groups is 2. The van der Waals surface area contributed by atoms with Crippen LogP contribution in [0.1, 0.15) is 11.4 Å². The number of amides is 1. The van der Waals surface area contributed by atoms with Crippen LogP contribution < -0.4 is 9.64 Å². The first-order valence-corrected chi connectivity index (χ1v) is 9.64. The van der Waals surface area contributed by atoms with Crippen LogP contribution in [0.4, 0.5) is 10.1 Å². The van der Waals surface area contributed by atoms with E-state index in [0.717, 1.165) is 4.90 Å². The lowest BCUT2D eigenvalue weighted by Gasteiger charge is -2.33. The zero-order valence-corrected chi connectivity index (χ0v) is 16.3. The molecule has 2 aromatic carbocycles. The minimum absolute atomic E-state index is 0.0440. The summed E-state index contributed by atoms with van der Waals surface area (Å²) in [6, 6.07) is 7.44. The molecule has 3 aromatic rings. The van der Waals surface area contributed by atoms with E-state index in [0.29, 0.717) is 25.3 Å². The molecule has 10 heteroatoms. The van der Waals surface area contributed by atoms with Crippen LogP contribution in [0.2, 0.25) is 10.0 Å². The maximum atomic E-state index is 14.5. The van der Waals surface area contributed by atoms with Crippen LogP contribution in [0.5, 0.6) is 5.75 Å². The van der Waals surface area contributed by atoms with E-state index >= 15 is 0 Å². The first-order chi connectivity index (χ1) is 13.3. The summed E-state index contributed by atoms with van der Waals surface area (Å²) in [5, 5.41) is 10.3. The lowest BCUT2D eigenvalue weighted by atomic mass is 10.1. The fourth-order valence-corrected chi connectivity index (χ4v) is 4.45.